The first-order chi connectivity index (χ1) is 11.4. The Bertz CT molecular complexity index is 598. The molecule has 0 spiro atoms. The lowest BCUT2D eigenvalue weighted by molar-refractivity contribution is -0.143. The van der Waals surface area contributed by atoms with Gasteiger partial charge in [-0.25, -0.2) is 4.79 Å². The third-order valence-corrected chi connectivity index (χ3v) is 3.94. The number of hydrogen-bond acceptors (Lipinski definition) is 3. The Morgan fingerprint density at radius 2 is 1.72 bits per heavy atom. The van der Waals surface area contributed by atoms with Crippen LogP contribution in [0.2, 0.25) is 0 Å². The van der Waals surface area contributed by atoms with Crippen LogP contribution in [0.5, 0.6) is 0 Å². The molecule has 3 N–H and O–H groups in total. The first-order valence-corrected chi connectivity index (χ1v) is 7.78. The maximum Gasteiger partial charge on any atom is 0.404 e. The molecule has 2 amide bonds. The van der Waals surface area contributed by atoms with Gasteiger partial charge >= 0.3 is 12.3 Å². The Hall–Kier alpha value is -2.25. The van der Waals surface area contributed by atoms with E-state index in [2.05, 4.69) is 5.32 Å². The van der Waals surface area contributed by atoms with Crippen molar-refractivity contribution in [3.63, 3.8) is 0 Å². The molecule has 5 nitrogen and oxygen atoms in total. The fraction of sp³-hybridized carbons (Fsp3) is 0.529. The first kappa shape index (κ1) is 20.8. The molecule has 0 aliphatic heterocycles. The summed E-state index contributed by atoms with van der Waals surface area (Å²) in [5.74, 6) is -0.412. The summed E-state index contributed by atoms with van der Waals surface area (Å²) in [6.07, 6.45) is -7.70. The van der Waals surface area contributed by atoms with Gasteiger partial charge in [-0.2, -0.15) is 13.2 Å². The molecule has 140 valence electrons. The topological polar surface area (TPSA) is 81.4 Å². The van der Waals surface area contributed by atoms with E-state index in [1.807, 2.05) is 6.92 Å². The van der Waals surface area contributed by atoms with Crippen LogP contribution in [0.15, 0.2) is 24.3 Å². The van der Waals surface area contributed by atoms with Crippen LogP contribution in [0.1, 0.15) is 42.6 Å². The van der Waals surface area contributed by atoms with Crippen LogP contribution in [0, 0.1) is 12.3 Å². The number of benzene rings is 1. The van der Waals surface area contributed by atoms with Crippen molar-refractivity contribution < 1.29 is 27.5 Å². The summed E-state index contributed by atoms with van der Waals surface area (Å²) < 4.78 is 42.4. The molecule has 8 heteroatoms. The van der Waals surface area contributed by atoms with Crippen molar-refractivity contribution in [1.82, 2.24) is 5.32 Å². The highest BCUT2D eigenvalue weighted by molar-refractivity contribution is 5.94. The van der Waals surface area contributed by atoms with Crippen LogP contribution in [0.25, 0.3) is 0 Å². The summed E-state index contributed by atoms with van der Waals surface area (Å²) in [4.78, 5) is 23.2. The van der Waals surface area contributed by atoms with Crippen LogP contribution >= 0.6 is 0 Å². The van der Waals surface area contributed by atoms with Gasteiger partial charge in [-0.3, -0.25) is 4.79 Å². The van der Waals surface area contributed by atoms with Gasteiger partial charge < -0.3 is 15.8 Å². The summed E-state index contributed by atoms with van der Waals surface area (Å²) in [5, 5.41) is 2.57. The molecule has 1 atom stereocenters. The molecule has 0 aliphatic rings. The summed E-state index contributed by atoms with van der Waals surface area (Å²) >= 11 is 0. The molecule has 0 fully saturated rings. The van der Waals surface area contributed by atoms with Crippen molar-refractivity contribution in [2.75, 3.05) is 6.54 Å². The van der Waals surface area contributed by atoms with Crippen LogP contribution in [0.4, 0.5) is 18.0 Å². The SMILES string of the molecule is Cc1ccc(C(=O)NC[C@@H](OC(N)=O)C(C)(C)CCC(F)(F)F)cc1. The number of ether oxygens (including phenoxy) is 1. The zero-order chi connectivity index (χ0) is 19.3. The highest BCUT2D eigenvalue weighted by Crippen LogP contribution is 2.34. The molecular formula is C17H23F3N2O3. The number of amides is 2. The van der Waals surface area contributed by atoms with E-state index in [0.717, 1.165) is 5.56 Å². The predicted octanol–water partition coefficient (Wildman–Crippen LogP) is 3.56. The average Bonchev–Trinajstić information content (AvgIpc) is 2.49. The second kappa shape index (κ2) is 8.22. The molecule has 0 heterocycles. The lowest BCUT2D eigenvalue weighted by Crippen LogP contribution is -2.45. The van der Waals surface area contributed by atoms with E-state index in [4.69, 9.17) is 10.5 Å². The number of alkyl halides is 3. The van der Waals surface area contributed by atoms with E-state index in [9.17, 15) is 22.8 Å². The van der Waals surface area contributed by atoms with Crippen molar-refractivity contribution in [2.45, 2.75) is 45.9 Å². The second-order valence-corrected chi connectivity index (χ2v) is 6.61. The predicted molar refractivity (Wildman–Crippen MR) is 87.0 cm³/mol. The van der Waals surface area contributed by atoms with Gasteiger partial charge in [-0.1, -0.05) is 31.5 Å². The smallest absolute Gasteiger partial charge is 0.404 e. The van der Waals surface area contributed by atoms with E-state index in [1.54, 1.807) is 24.3 Å². The number of carbonyl (C=O) groups is 2. The largest absolute Gasteiger partial charge is 0.444 e. The molecule has 0 radical (unpaired) electrons. The van der Waals surface area contributed by atoms with Crippen molar-refractivity contribution in [1.29, 1.82) is 0 Å². The lowest BCUT2D eigenvalue weighted by Gasteiger charge is -2.33. The third kappa shape index (κ3) is 7.45. The Labute approximate surface area is 144 Å². The van der Waals surface area contributed by atoms with Crippen molar-refractivity contribution in [2.24, 2.45) is 11.1 Å². The van der Waals surface area contributed by atoms with Gasteiger partial charge in [0.05, 0.1) is 6.54 Å². The van der Waals surface area contributed by atoms with Crippen molar-refractivity contribution in [3.8, 4) is 0 Å². The summed E-state index contributed by atoms with van der Waals surface area (Å²) in [6, 6.07) is 6.78. The molecule has 0 aliphatic carbocycles. The lowest BCUT2D eigenvalue weighted by atomic mass is 9.81. The van der Waals surface area contributed by atoms with Gasteiger partial charge in [0.2, 0.25) is 0 Å². The van der Waals surface area contributed by atoms with Crippen LogP contribution in [0.3, 0.4) is 0 Å². The van der Waals surface area contributed by atoms with Gasteiger partial charge in [-0.05, 0) is 25.5 Å². The molecule has 0 unspecified atom stereocenters. The number of nitrogens with two attached hydrogens (primary N) is 1. The Kier molecular flexibility index (Phi) is 6.84. The normalized spacial score (nSPS) is 13.2. The number of rotatable bonds is 7. The van der Waals surface area contributed by atoms with Crippen molar-refractivity contribution in [3.05, 3.63) is 35.4 Å². The maximum absolute atomic E-state index is 12.5. The highest BCUT2D eigenvalue weighted by atomic mass is 19.4. The summed E-state index contributed by atoms with van der Waals surface area (Å²) in [5.41, 5.74) is 5.37. The Balaban J connectivity index is 2.76. The molecule has 0 saturated carbocycles. The molecule has 1 aromatic rings. The number of aryl methyl sites for hydroxylation is 1. The summed E-state index contributed by atoms with van der Waals surface area (Å²) in [6.45, 7) is 4.80. The quantitative estimate of drug-likeness (QED) is 0.780. The van der Waals surface area contributed by atoms with Gasteiger partial charge in [-0.15, -0.1) is 0 Å². The Morgan fingerprint density at radius 1 is 1.16 bits per heavy atom. The molecule has 0 aromatic heterocycles. The second-order valence-electron chi connectivity index (χ2n) is 6.61. The Morgan fingerprint density at radius 3 is 2.20 bits per heavy atom. The monoisotopic (exact) mass is 360 g/mol. The molecule has 1 aromatic carbocycles. The number of primary amides is 1. The standard InChI is InChI=1S/C17H23F3N2O3/c1-11-4-6-12(7-5-11)14(23)22-10-13(25-15(21)24)16(2,3)8-9-17(18,19)20/h4-7,13H,8-10H2,1-3H3,(H2,21,24)(H,22,23)/t13-/m1/s1. The van der Waals surface area contributed by atoms with Gasteiger partial charge in [0, 0.05) is 17.4 Å². The van der Waals surface area contributed by atoms with Crippen molar-refractivity contribution >= 4 is 12.0 Å². The number of carbonyl (C=O) groups excluding carboxylic acids is 2. The van der Waals surface area contributed by atoms with Gasteiger partial charge in [0.25, 0.3) is 5.91 Å². The number of nitrogens with one attached hydrogen (secondary N) is 1. The van der Waals surface area contributed by atoms with Crippen LogP contribution in [-0.4, -0.2) is 30.8 Å². The van der Waals surface area contributed by atoms with E-state index in [0.29, 0.717) is 5.56 Å². The molecular weight excluding hydrogens is 337 g/mol. The number of halogens is 3. The van der Waals surface area contributed by atoms with Gasteiger partial charge in [0.1, 0.15) is 6.10 Å². The molecule has 25 heavy (non-hydrogen) atoms. The average molecular weight is 360 g/mol. The fourth-order valence-corrected chi connectivity index (χ4v) is 2.23. The number of hydrogen-bond donors (Lipinski definition) is 2. The van der Waals surface area contributed by atoms with Crippen LogP contribution < -0.4 is 11.1 Å². The van der Waals surface area contributed by atoms with E-state index in [1.165, 1.54) is 13.8 Å². The fourth-order valence-electron chi connectivity index (χ4n) is 2.23. The molecule has 0 saturated heterocycles. The van der Waals surface area contributed by atoms with Crippen LogP contribution in [-0.2, 0) is 4.74 Å². The minimum Gasteiger partial charge on any atom is -0.444 e. The van der Waals surface area contributed by atoms with Gasteiger partial charge in [0.15, 0.2) is 0 Å². The zero-order valence-electron chi connectivity index (χ0n) is 14.4. The highest BCUT2D eigenvalue weighted by Gasteiger charge is 2.37. The zero-order valence-corrected chi connectivity index (χ0v) is 14.4. The first-order valence-electron chi connectivity index (χ1n) is 7.78. The molecule has 0 bridgehead atoms. The molecule has 1 rings (SSSR count). The van der Waals surface area contributed by atoms with E-state index in [-0.39, 0.29) is 13.0 Å². The minimum absolute atomic E-state index is 0.138. The minimum atomic E-state index is -4.32. The third-order valence-electron chi connectivity index (χ3n) is 3.94. The maximum atomic E-state index is 12.5. The van der Waals surface area contributed by atoms with E-state index >= 15 is 0 Å². The summed E-state index contributed by atoms with van der Waals surface area (Å²) in [7, 11) is 0. The van der Waals surface area contributed by atoms with E-state index < -0.39 is 36.1 Å².